The van der Waals surface area contributed by atoms with Crippen LogP contribution in [0.2, 0.25) is 5.02 Å². The predicted molar refractivity (Wildman–Crippen MR) is 154 cm³/mol. The highest BCUT2D eigenvalue weighted by atomic mass is 35.5. The lowest BCUT2D eigenvalue weighted by atomic mass is 9.81. The summed E-state index contributed by atoms with van der Waals surface area (Å²) in [5.41, 5.74) is 6.47. The Hall–Kier alpha value is -2.54. The Morgan fingerprint density at radius 1 is 1.05 bits per heavy atom. The monoisotopic (exact) mass is 535 g/mol. The van der Waals surface area contributed by atoms with E-state index in [-0.39, 0.29) is 0 Å². The molecule has 1 aliphatic carbocycles. The number of hydrogen-bond donors (Lipinski definition) is 1. The van der Waals surface area contributed by atoms with Gasteiger partial charge in [0.15, 0.2) is 0 Å². The minimum absolute atomic E-state index is 0.350. The molecule has 1 atom stereocenters. The predicted octanol–water partition coefficient (Wildman–Crippen LogP) is 6.64. The van der Waals surface area contributed by atoms with Crippen LogP contribution in [0.3, 0.4) is 0 Å². The smallest absolute Gasteiger partial charge is 0.335 e. The highest BCUT2D eigenvalue weighted by molar-refractivity contribution is 6.31. The van der Waals surface area contributed by atoms with Gasteiger partial charge in [-0.05, 0) is 61.1 Å². The third-order valence-electron chi connectivity index (χ3n) is 8.99. The molecule has 0 amide bonds. The van der Waals surface area contributed by atoms with E-state index in [0.29, 0.717) is 17.5 Å². The third kappa shape index (κ3) is 4.72. The van der Waals surface area contributed by atoms with Crippen LogP contribution in [-0.4, -0.2) is 66.0 Å². The van der Waals surface area contributed by atoms with E-state index in [0.717, 1.165) is 62.9 Å². The van der Waals surface area contributed by atoms with Gasteiger partial charge >= 0.3 is 5.97 Å². The van der Waals surface area contributed by atoms with E-state index in [1.807, 2.05) is 12.1 Å². The van der Waals surface area contributed by atoms with Crippen LogP contribution in [0.25, 0.3) is 22.2 Å². The zero-order valence-electron chi connectivity index (χ0n) is 22.3. The average Bonchev–Trinajstić information content (AvgIpc) is 3.18. The molecule has 6 rings (SSSR count). The molecule has 6 nitrogen and oxygen atoms in total. The summed E-state index contributed by atoms with van der Waals surface area (Å²) in [6, 6.07) is 12.5. The number of benzene rings is 2. The molecule has 0 bridgehead atoms. The molecule has 2 aromatic carbocycles. The van der Waals surface area contributed by atoms with Crippen LogP contribution in [0.5, 0.6) is 0 Å². The third-order valence-corrected chi connectivity index (χ3v) is 9.23. The number of carboxylic acid groups (broad SMARTS) is 1. The molecule has 2 fully saturated rings. The first-order chi connectivity index (χ1) is 18.5. The van der Waals surface area contributed by atoms with Crippen LogP contribution < -0.4 is 4.90 Å². The van der Waals surface area contributed by atoms with Crippen LogP contribution in [0.1, 0.15) is 67.3 Å². The van der Waals surface area contributed by atoms with Gasteiger partial charge in [0.1, 0.15) is 0 Å². The van der Waals surface area contributed by atoms with Gasteiger partial charge in [0, 0.05) is 65.9 Å². The fraction of sp³-hybridized carbons (Fsp3) is 0.516. The first kappa shape index (κ1) is 25.7. The summed E-state index contributed by atoms with van der Waals surface area (Å²) in [6.45, 7) is 8.40. The number of halogens is 1. The first-order valence-electron chi connectivity index (χ1n) is 14.3. The van der Waals surface area contributed by atoms with E-state index in [2.05, 4.69) is 39.5 Å². The van der Waals surface area contributed by atoms with Gasteiger partial charge in [0.25, 0.3) is 0 Å². The Labute approximate surface area is 230 Å². The first-order valence-corrected chi connectivity index (χ1v) is 14.7. The minimum atomic E-state index is -0.875. The van der Waals surface area contributed by atoms with Gasteiger partial charge < -0.3 is 19.3 Å². The molecule has 38 heavy (non-hydrogen) atoms. The summed E-state index contributed by atoms with van der Waals surface area (Å²) in [4.78, 5) is 17.0. The fourth-order valence-corrected chi connectivity index (χ4v) is 7.15. The summed E-state index contributed by atoms with van der Waals surface area (Å²) in [6.07, 6.45) is 7.28. The highest BCUT2D eigenvalue weighted by Crippen LogP contribution is 2.47. The maximum absolute atomic E-state index is 11.9. The molecule has 202 valence electrons. The lowest BCUT2D eigenvalue weighted by Crippen LogP contribution is -2.48. The molecule has 1 saturated heterocycles. The maximum Gasteiger partial charge on any atom is 0.335 e. The Morgan fingerprint density at radius 3 is 2.68 bits per heavy atom. The molecule has 1 aromatic heterocycles. The number of hydrogen-bond acceptors (Lipinski definition) is 4. The maximum atomic E-state index is 11.9. The Balaban J connectivity index is 1.45. The molecule has 3 aliphatic rings. The molecule has 7 heteroatoms. The van der Waals surface area contributed by atoms with Crippen LogP contribution in [-0.2, 0) is 11.3 Å². The topological polar surface area (TPSA) is 57.9 Å². The van der Waals surface area contributed by atoms with E-state index >= 15 is 0 Å². The van der Waals surface area contributed by atoms with Gasteiger partial charge in [-0.2, -0.15) is 0 Å². The van der Waals surface area contributed by atoms with Crippen LogP contribution in [0, 0.1) is 0 Å². The standard InChI is InChI=1S/C31H38ClN3O3/c1-2-24-20-38-17-16-33(24)12-13-34-14-15-35-28-18-22(31(36)37)8-10-25(28)29(21-6-4-3-5-7-21)30(35)26-11-9-23(32)19-27(26)34/h8-11,18-19,21,24H,2-7,12-17,20H2,1H3,(H,36,37). The van der Waals surface area contributed by atoms with Crippen LogP contribution in [0.15, 0.2) is 36.4 Å². The molecule has 1 saturated carbocycles. The highest BCUT2D eigenvalue weighted by Gasteiger charge is 2.31. The fourth-order valence-electron chi connectivity index (χ4n) is 6.99. The summed E-state index contributed by atoms with van der Waals surface area (Å²) in [7, 11) is 0. The normalized spacial score (nSPS) is 20.8. The van der Waals surface area contributed by atoms with Gasteiger partial charge in [0.2, 0.25) is 0 Å². The van der Waals surface area contributed by atoms with Crippen molar-refractivity contribution >= 4 is 34.2 Å². The van der Waals surface area contributed by atoms with Crippen molar-refractivity contribution in [1.29, 1.82) is 0 Å². The average molecular weight is 536 g/mol. The van der Waals surface area contributed by atoms with E-state index in [1.54, 1.807) is 6.07 Å². The molecule has 3 heterocycles. The summed E-state index contributed by atoms with van der Waals surface area (Å²) < 4.78 is 8.14. The number of carbonyl (C=O) groups is 1. The second kappa shape index (κ2) is 10.9. The second-order valence-electron chi connectivity index (χ2n) is 11.1. The van der Waals surface area contributed by atoms with Gasteiger partial charge in [-0.3, -0.25) is 4.90 Å². The summed E-state index contributed by atoms with van der Waals surface area (Å²) >= 11 is 6.61. The van der Waals surface area contributed by atoms with Crippen LogP contribution >= 0.6 is 11.6 Å². The number of fused-ring (bicyclic) bond motifs is 5. The Kier molecular flexibility index (Phi) is 7.39. The van der Waals surface area contributed by atoms with Crippen molar-refractivity contribution in [2.45, 2.75) is 64.0 Å². The summed E-state index contributed by atoms with van der Waals surface area (Å²) in [5, 5.41) is 11.7. The van der Waals surface area contributed by atoms with Gasteiger partial charge in [-0.15, -0.1) is 0 Å². The van der Waals surface area contributed by atoms with Crippen molar-refractivity contribution in [1.82, 2.24) is 9.47 Å². The number of rotatable bonds is 6. The molecule has 3 aromatic rings. The van der Waals surface area contributed by atoms with Crippen molar-refractivity contribution < 1.29 is 14.6 Å². The lowest BCUT2D eigenvalue weighted by Gasteiger charge is -2.37. The Bertz CT molecular complexity index is 1330. The van der Waals surface area contributed by atoms with Crippen molar-refractivity contribution in [2.75, 3.05) is 44.3 Å². The number of aromatic nitrogens is 1. The molecule has 1 N–H and O–H groups in total. The van der Waals surface area contributed by atoms with Crippen molar-refractivity contribution in [3.05, 3.63) is 52.5 Å². The minimum Gasteiger partial charge on any atom is -0.478 e. The zero-order valence-corrected chi connectivity index (χ0v) is 23.1. The molecule has 0 radical (unpaired) electrons. The number of morpholine rings is 1. The quantitative estimate of drug-likeness (QED) is 0.383. The number of aromatic carboxylic acids is 1. The van der Waals surface area contributed by atoms with Gasteiger partial charge in [-0.1, -0.05) is 43.9 Å². The molecular weight excluding hydrogens is 498 g/mol. The van der Waals surface area contributed by atoms with Crippen molar-refractivity contribution in [3.8, 4) is 11.3 Å². The van der Waals surface area contributed by atoms with E-state index < -0.39 is 5.97 Å². The lowest BCUT2D eigenvalue weighted by molar-refractivity contribution is -0.00713. The number of anilines is 1. The largest absolute Gasteiger partial charge is 0.478 e. The molecule has 0 spiro atoms. The number of ether oxygens (including phenoxy) is 1. The van der Waals surface area contributed by atoms with Gasteiger partial charge in [-0.25, -0.2) is 4.79 Å². The van der Waals surface area contributed by atoms with Crippen molar-refractivity contribution in [2.24, 2.45) is 0 Å². The number of carboxylic acids is 1. The molecule has 1 unspecified atom stereocenters. The van der Waals surface area contributed by atoms with Crippen LogP contribution in [0.4, 0.5) is 5.69 Å². The molecule has 2 aliphatic heterocycles. The summed E-state index contributed by atoms with van der Waals surface area (Å²) in [5.74, 6) is -0.382. The van der Waals surface area contributed by atoms with Gasteiger partial charge in [0.05, 0.1) is 24.5 Å². The zero-order chi connectivity index (χ0) is 26.2. The van der Waals surface area contributed by atoms with Crippen molar-refractivity contribution in [3.63, 3.8) is 0 Å². The Morgan fingerprint density at radius 2 is 1.89 bits per heavy atom. The second-order valence-corrected chi connectivity index (χ2v) is 11.5. The van der Waals surface area contributed by atoms with E-state index in [1.165, 1.54) is 60.0 Å². The SMILES string of the molecule is CCC1COCCN1CCN1CCn2c(c(C3CCCCC3)c3ccc(C(=O)O)cc32)-c2ccc(Cl)cc21. The van der Waals surface area contributed by atoms with E-state index in [9.17, 15) is 9.90 Å². The molecular formula is C31H38ClN3O3. The van der Waals surface area contributed by atoms with E-state index in [4.69, 9.17) is 16.3 Å². The number of nitrogens with zero attached hydrogens (tertiary/aromatic N) is 3.